The predicted octanol–water partition coefficient (Wildman–Crippen LogP) is 2.64. The summed E-state index contributed by atoms with van der Waals surface area (Å²) in [6.45, 7) is 8.77. The highest BCUT2D eigenvalue weighted by Gasteiger charge is 2.09. The molecule has 2 aromatic rings. The molecule has 6 heteroatoms. The number of rotatable bonds is 6. The predicted molar refractivity (Wildman–Crippen MR) is 76.7 cm³/mol. The minimum atomic E-state index is 0.303. The molecule has 6 nitrogen and oxygen atoms in total. The SMILES string of the molecule is Cc1cc(NCCCc2nc(C(C)C)no2)nc(C)n1. The van der Waals surface area contributed by atoms with Crippen molar-refractivity contribution in [2.45, 2.75) is 46.5 Å². The van der Waals surface area contributed by atoms with Crippen molar-refractivity contribution < 1.29 is 4.52 Å². The average Bonchev–Trinajstić information content (AvgIpc) is 2.82. The van der Waals surface area contributed by atoms with Gasteiger partial charge in [-0.3, -0.25) is 0 Å². The Bertz CT molecular complexity index is 544. The van der Waals surface area contributed by atoms with Gasteiger partial charge < -0.3 is 9.84 Å². The Hall–Kier alpha value is -1.98. The van der Waals surface area contributed by atoms with Gasteiger partial charge in [0.1, 0.15) is 11.6 Å². The summed E-state index contributed by atoms with van der Waals surface area (Å²) < 4.78 is 5.20. The van der Waals surface area contributed by atoms with Crippen molar-refractivity contribution in [1.82, 2.24) is 20.1 Å². The first-order valence-electron chi connectivity index (χ1n) is 6.93. The first-order valence-corrected chi connectivity index (χ1v) is 6.93. The van der Waals surface area contributed by atoms with E-state index in [2.05, 4.69) is 39.3 Å². The van der Waals surface area contributed by atoms with Crippen LogP contribution < -0.4 is 5.32 Å². The molecule has 0 fully saturated rings. The third-order valence-electron chi connectivity index (χ3n) is 2.84. The van der Waals surface area contributed by atoms with Crippen LogP contribution in [-0.4, -0.2) is 26.7 Å². The molecule has 0 amide bonds. The molecule has 2 heterocycles. The molecule has 0 saturated carbocycles. The van der Waals surface area contributed by atoms with Crippen LogP contribution in [0.4, 0.5) is 5.82 Å². The molecule has 20 heavy (non-hydrogen) atoms. The van der Waals surface area contributed by atoms with Crippen molar-refractivity contribution in [3.05, 3.63) is 29.3 Å². The molecule has 0 atom stereocenters. The lowest BCUT2D eigenvalue weighted by Gasteiger charge is -2.05. The van der Waals surface area contributed by atoms with Crippen molar-refractivity contribution >= 4 is 5.82 Å². The van der Waals surface area contributed by atoms with E-state index in [1.807, 2.05) is 19.9 Å². The Labute approximate surface area is 119 Å². The normalized spacial score (nSPS) is 11.1. The van der Waals surface area contributed by atoms with E-state index in [1.54, 1.807) is 0 Å². The van der Waals surface area contributed by atoms with E-state index < -0.39 is 0 Å². The summed E-state index contributed by atoms with van der Waals surface area (Å²) in [5.41, 5.74) is 0.971. The minimum absolute atomic E-state index is 0.303. The summed E-state index contributed by atoms with van der Waals surface area (Å²) in [4.78, 5) is 12.9. The zero-order chi connectivity index (χ0) is 14.5. The maximum absolute atomic E-state index is 5.20. The van der Waals surface area contributed by atoms with Gasteiger partial charge in [-0.15, -0.1) is 0 Å². The van der Waals surface area contributed by atoms with Crippen LogP contribution >= 0.6 is 0 Å². The lowest BCUT2D eigenvalue weighted by molar-refractivity contribution is 0.369. The molecule has 0 aliphatic carbocycles. The fourth-order valence-corrected chi connectivity index (χ4v) is 1.87. The van der Waals surface area contributed by atoms with Gasteiger partial charge in [0.2, 0.25) is 5.89 Å². The molecule has 2 aromatic heterocycles. The Morgan fingerprint density at radius 1 is 1.20 bits per heavy atom. The topological polar surface area (TPSA) is 76.7 Å². The summed E-state index contributed by atoms with van der Waals surface area (Å²) in [6.07, 6.45) is 1.69. The standard InChI is InChI=1S/C14H21N5O/c1-9(2)14-18-13(20-19-14)6-5-7-15-12-8-10(3)16-11(4)17-12/h8-9H,5-7H2,1-4H3,(H,15,16,17). The Morgan fingerprint density at radius 2 is 2.00 bits per heavy atom. The molecule has 0 aliphatic rings. The molecule has 0 bridgehead atoms. The van der Waals surface area contributed by atoms with Gasteiger partial charge in [0.05, 0.1) is 0 Å². The molecule has 0 aromatic carbocycles. The summed E-state index contributed by atoms with van der Waals surface area (Å²) in [5.74, 6) is 3.42. The number of aromatic nitrogens is 4. The van der Waals surface area contributed by atoms with Crippen LogP contribution in [0.1, 0.15) is 49.4 Å². The second-order valence-corrected chi connectivity index (χ2v) is 5.17. The number of nitrogens with zero attached hydrogens (tertiary/aromatic N) is 4. The molecule has 2 rings (SSSR count). The number of aryl methyl sites for hydroxylation is 3. The minimum Gasteiger partial charge on any atom is -0.370 e. The number of nitrogens with one attached hydrogen (secondary N) is 1. The molecule has 1 N–H and O–H groups in total. The third kappa shape index (κ3) is 4.01. The number of hydrogen-bond donors (Lipinski definition) is 1. The molecule has 0 unspecified atom stereocenters. The van der Waals surface area contributed by atoms with Gasteiger partial charge in [0.15, 0.2) is 5.82 Å². The van der Waals surface area contributed by atoms with Gasteiger partial charge in [-0.25, -0.2) is 9.97 Å². The van der Waals surface area contributed by atoms with Crippen LogP contribution in [0.5, 0.6) is 0 Å². The van der Waals surface area contributed by atoms with Crippen LogP contribution in [0.2, 0.25) is 0 Å². The van der Waals surface area contributed by atoms with Gasteiger partial charge in [-0.1, -0.05) is 19.0 Å². The number of hydrogen-bond acceptors (Lipinski definition) is 6. The maximum atomic E-state index is 5.20. The van der Waals surface area contributed by atoms with Gasteiger partial charge >= 0.3 is 0 Å². The molecular weight excluding hydrogens is 254 g/mol. The zero-order valence-electron chi connectivity index (χ0n) is 12.5. The van der Waals surface area contributed by atoms with E-state index in [-0.39, 0.29) is 0 Å². The highest BCUT2D eigenvalue weighted by Crippen LogP contribution is 2.11. The van der Waals surface area contributed by atoms with E-state index in [4.69, 9.17) is 4.52 Å². The van der Waals surface area contributed by atoms with Crippen LogP contribution in [-0.2, 0) is 6.42 Å². The highest BCUT2D eigenvalue weighted by molar-refractivity contribution is 5.35. The second-order valence-electron chi connectivity index (χ2n) is 5.17. The van der Waals surface area contributed by atoms with Gasteiger partial charge in [0, 0.05) is 30.6 Å². The van der Waals surface area contributed by atoms with Crippen molar-refractivity contribution in [3.63, 3.8) is 0 Å². The van der Waals surface area contributed by atoms with Gasteiger partial charge in [-0.2, -0.15) is 4.98 Å². The van der Waals surface area contributed by atoms with Gasteiger partial charge in [0.25, 0.3) is 0 Å². The van der Waals surface area contributed by atoms with Crippen LogP contribution in [0.15, 0.2) is 10.6 Å². The summed E-state index contributed by atoms with van der Waals surface area (Å²) in [6, 6.07) is 1.94. The summed E-state index contributed by atoms with van der Waals surface area (Å²) >= 11 is 0. The first kappa shape index (κ1) is 14.4. The third-order valence-corrected chi connectivity index (χ3v) is 2.84. The molecule has 0 saturated heterocycles. The van der Waals surface area contributed by atoms with Crippen molar-refractivity contribution in [1.29, 1.82) is 0 Å². The van der Waals surface area contributed by atoms with Gasteiger partial charge in [-0.05, 0) is 20.3 Å². The molecule has 108 valence electrons. The maximum Gasteiger partial charge on any atom is 0.226 e. The lowest BCUT2D eigenvalue weighted by Crippen LogP contribution is -2.06. The Morgan fingerprint density at radius 3 is 2.65 bits per heavy atom. The monoisotopic (exact) mass is 275 g/mol. The van der Waals surface area contributed by atoms with Crippen molar-refractivity contribution in [2.75, 3.05) is 11.9 Å². The fraction of sp³-hybridized carbons (Fsp3) is 0.571. The van der Waals surface area contributed by atoms with Crippen molar-refractivity contribution in [3.8, 4) is 0 Å². The van der Waals surface area contributed by atoms with Crippen LogP contribution in [0.25, 0.3) is 0 Å². The van der Waals surface area contributed by atoms with E-state index in [1.165, 1.54) is 0 Å². The fourth-order valence-electron chi connectivity index (χ4n) is 1.87. The smallest absolute Gasteiger partial charge is 0.226 e. The lowest BCUT2D eigenvalue weighted by atomic mass is 10.2. The molecular formula is C14H21N5O. The highest BCUT2D eigenvalue weighted by atomic mass is 16.5. The number of anilines is 1. The summed E-state index contributed by atoms with van der Waals surface area (Å²) in [5, 5.41) is 7.23. The Kier molecular flexibility index (Phi) is 4.65. The molecule has 0 aliphatic heterocycles. The van der Waals surface area contributed by atoms with E-state index in [0.29, 0.717) is 11.8 Å². The zero-order valence-corrected chi connectivity index (χ0v) is 12.5. The quantitative estimate of drug-likeness (QED) is 0.817. The average molecular weight is 275 g/mol. The van der Waals surface area contributed by atoms with Crippen LogP contribution in [0.3, 0.4) is 0 Å². The molecule has 0 spiro atoms. The van der Waals surface area contributed by atoms with E-state index in [0.717, 1.165) is 42.5 Å². The second kappa shape index (κ2) is 6.45. The summed E-state index contributed by atoms with van der Waals surface area (Å²) in [7, 11) is 0. The van der Waals surface area contributed by atoms with Crippen molar-refractivity contribution in [2.24, 2.45) is 0 Å². The van der Waals surface area contributed by atoms with Crippen LogP contribution in [0, 0.1) is 13.8 Å². The van der Waals surface area contributed by atoms with E-state index in [9.17, 15) is 0 Å². The molecule has 0 radical (unpaired) electrons. The first-order chi connectivity index (χ1) is 9.54. The Balaban J connectivity index is 1.78. The largest absolute Gasteiger partial charge is 0.370 e. The van der Waals surface area contributed by atoms with E-state index >= 15 is 0 Å².